The van der Waals surface area contributed by atoms with Crippen LogP contribution in [0.2, 0.25) is 0 Å². The summed E-state index contributed by atoms with van der Waals surface area (Å²) in [7, 11) is 0. The van der Waals surface area contributed by atoms with E-state index in [1.54, 1.807) is 0 Å². The van der Waals surface area contributed by atoms with E-state index in [0.717, 1.165) is 17.1 Å². The highest BCUT2D eigenvalue weighted by molar-refractivity contribution is 7.09. The van der Waals surface area contributed by atoms with Crippen molar-refractivity contribution in [3.05, 3.63) is 16.1 Å². The molecule has 58 valence electrons. The minimum atomic E-state index is 0.412. The number of thiazole rings is 1. The Hall–Kier alpha value is -0.920. The van der Waals surface area contributed by atoms with Crippen molar-refractivity contribution in [1.82, 2.24) is 4.98 Å². The number of nitriles is 1. The fourth-order valence-corrected chi connectivity index (χ4v) is 1.52. The Morgan fingerprint density at radius 3 is 3.18 bits per heavy atom. The van der Waals surface area contributed by atoms with Gasteiger partial charge in [-0.05, 0) is 6.54 Å². The summed E-state index contributed by atoms with van der Waals surface area (Å²) in [5.41, 5.74) is 6.35. The van der Waals surface area contributed by atoms with Gasteiger partial charge < -0.3 is 5.73 Å². The molecule has 0 fully saturated rings. The van der Waals surface area contributed by atoms with Crippen molar-refractivity contribution in [3.63, 3.8) is 0 Å². The highest BCUT2D eigenvalue weighted by Crippen LogP contribution is 2.09. The second-order valence-electron chi connectivity index (χ2n) is 2.11. The van der Waals surface area contributed by atoms with Gasteiger partial charge in [0.25, 0.3) is 0 Å². The van der Waals surface area contributed by atoms with Crippen LogP contribution in [-0.4, -0.2) is 11.5 Å². The van der Waals surface area contributed by atoms with Crippen LogP contribution in [-0.2, 0) is 12.8 Å². The smallest absolute Gasteiger partial charge is 0.107 e. The van der Waals surface area contributed by atoms with E-state index in [-0.39, 0.29) is 0 Å². The molecule has 0 aromatic carbocycles. The van der Waals surface area contributed by atoms with Crippen molar-refractivity contribution in [3.8, 4) is 6.07 Å². The van der Waals surface area contributed by atoms with Gasteiger partial charge in [0.2, 0.25) is 0 Å². The topological polar surface area (TPSA) is 62.7 Å². The first kappa shape index (κ1) is 8.18. The average molecular weight is 167 g/mol. The van der Waals surface area contributed by atoms with Crippen molar-refractivity contribution in [1.29, 1.82) is 5.26 Å². The van der Waals surface area contributed by atoms with E-state index in [0.29, 0.717) is 13.0 Å². The van der Waals surface area contributed by atoms with Gasteiger partial charge in [0.15, 0.2) is 0 Å². The Balaban J connectivity index is 2.60. The molecule has 0 unspecified atom stereocenters. The van der Waals surface area contributed by atoms with E-state index in [4.69, 9.17) is 11.0 Å². The molecular formula is C7H9N3S. The number of nitrogens with zero attached hydrogens (tertiary/aromatic N) is 2. The zero-order chi connectivity index (χ0) is 8.10. The lowest BCUT2D eigenvalue weighted by molar-refractivity contribution is 0.925. The Morgan fingerprint density at radius 1 is 1.73 bits per heavy atom. The second-order valence-corrected chi connectivity index (χ2v) is 3.05. The monoisotopic (exact) mass is 167 g/mol. The lowest BCUT2D eigenvalue weighted by Gasteiger charge is -1.87. The first-order valence-corrected chi connectivity index (χ1v) is 4.25. The Bertz CT molecular complexity index is 261. The highest BCUT2D eigenvalue weighted by atomic mass is 32.1. The van der Waals surface area contributed by atoms with Crippen LogP contribution < -0.4 is 5.73 Å². The number of rotatable bonds is 3. The molecule has 11 heavy (non-hydrogen) atoms. The normalized spacial score (nSPS) is 9.45. The SMILES string of the molecule is N#CCc1nc(CCN)cs1. The zero-order valence-corrected chi connectivity index (χ0v) is 6.90. The van der Waals surface area contributed by atoms with Gasteiger partial charge in [-0.3, -0.25) is 0 Å². The fourth-order valence-electron chi connectivity index (χ4n) is 0.760. The van der Waals surface area contributed by atoms with Crippen molar-refractivity contribution >= 4 is 11.3 Å². The van der Waals surface area contributed by atoms with Crippen molar-refractivity contribution in [2.45, 2.75) is 12.8 Å². The molecule has 0 saturated carbocycles. The van der Waals surface area contributed by atoms with E-state index in [1.165, 1.54) is 11.3 Å². The molecule has 0 spiro atoms. The molecule has 2 N–H and O–H groups in total. The summed E-state index contributed by atoms with van der Waals surface area (Å²) < 4.78 is 0. The summed E-state index contributed by atoms with van der Waals surface area (Å²) >= 11 is 1.52. The average Bonchev–Trinajstić information content (AvgIpc) is 2.38. The first-order valence-electron chi connectivity index (χ1n) is 3.37. The second kappa shape index (κ2) is 4.06. The van der Waals surface area contributed by atoms with Crippen LogP contribution in [0.25, 0.3) is 0 Å². The first-order chi connectivity index (χ1) is 5.36. The summed E-state index contributed by atoms with van der Waals surface area (Å²) in [6.07, 6.45) is 1.22. The molecular weight excluding hydrogens is 158 g/mol. The molecule has 1 aromatic rings. The van der Waals surface area contributed by atoms with Crippen molar-refractivity contribution in [2.75, 3.05) is 6.54 Å². The maximum Gasteiger partial charge on any atom is 0.107 e. The van der Waals surface area contributed by atoms with E-state index in [9.17, 15) is 0 Å². The largest absolute Gasteiger partial charge is 0.330 e. The third-order valence-electron chi connectivity index (χ3n) is 1.23. The van der Waals surface area contributed by atoms with E-state index >= 15 is 0 Å². The van der Waals surface area contributed by atoms with Crippen LogP contribution in [0.5, 0.6) is 0 Å². The molecule has 1 heterocycles. The molecule has 0 aliphatic carbocycles. The van der Waals surface area contributed by atoms with E-state index in [2.05, 4.69) is 11.1 Å². The summed E-state index contributed by atoms with van der Waals surface area (Å²) in [4.78, 5) is 4.21. The van der Waals surface area contributed by atoms with Crippen LogP contribution in [0.1, 0.15) is 10.7 Å². The van der Waals surface area contributed by atoms with Gasteiger partial charge in [-0.2, -0.15) is 5.26 Å². The molecule has 0 amide bonds. The summed E-state index contributed by atoms with van der Waals surface area (Å²) in [5, 5.41) is 11.2. The van der Waals surface area contributed by atoms with Gasteiger partial charge in [-0.15, -0.1) is 11.3 Å². The predicted molar refractivity (Wildman–Crippen MR) is 44.2 cm³/mol. The minimum Gasteiger partial charge on any atom is -0.330 e. The van der Waals surface area contributed by atoms with E-state index in [1.807, 2.05) is 5.38 Å². The van der Waals surface area contributed by atoms with Crippen LogP contribution >= 0.6 is 11.3 Å². The Morgan fingerprint density at radius 2 is 2.55 bits per heavy atom. The van der Waals surface area contributed by atoms with Crippen molar-refractivity contribution < 1.29 is 0 Å². The van der Waals surface area contributed by atoms with Gasteiger partial charge >= 0.3 is 0 Å². The van der Waals surface area contributed by atoms with Crippen LogP contribution in [0.4, 0.5) is 0 Å². The lowest BCUT2D eigenvalue weighted by Crippen LogP contribution is -2.02. The van der Waals surface area contributed by atoms with Gasteiger partial charge in [-0.1, -0.05) is 0 Å². The summed E-state index contributed by atoms with van der Waals surface area (Å²) in [5.74, 6) is 0. The molecule has 0 bridgehead atoms. The van der Waals surface area contributed by atoms with Crippen molar-refractivity contribution in [2.24, 2.45) is 5.73 Å². The maximum absolute atomic E-state index is 8.35. The molecule has 3 nitrogen and oxygen atoms in total. The minimum absolute atomic E-state index is 0.412. The zero-order valence-electron chi connectivity index (χ0n) is 6.08. The molecule has 0 saturated heterocycles. The number of nitrogens with two attached hydrogens (primary N) is 1. The molecule has 0 aliphatic heterocycles. The maximum atomic E-state index is 8.35. The quantitative estimate of drug-likeness (QED) is 0.721. The molecule has 0 atom stereocenters. The van der Waals surface area contributed by atoms with Gasteiger partial charge in [-0.25, -0.2) is 4.98 Å². The van der Waals surface area contributed by atoms with Crippen LogP contribution in [0.15, 0.2) is 5.38 Å². The van der Waals surface area contributed by atoms with E-state index < -0.39 is 0 Å². The number of hydrogen-bond donors (Lipinski definition) is 1. The Labute approximate surface area is 69.5 Å². The van der Waals surface area contributed by atoms with Gasteiger partial charge in [0.05, 0.1) is 18.2 Å². The fraction of sp³-hybridized carbons (Fsp3) is 0.429. The highest BCUT2D eigenvalue weighted by Gasteiger charge is 1.99. The number of hydrogen-bond acceptors (Lipinski definition) is 4. The lowest BCUT2D eigenvalue weighted by atomic mass is 10.3. The summed E-state index contributed by atoms with van der Waals surface area (Å²) in [6, 6.07) is 2.06. The third-order valence-corrected chi connectivity index (χ3v) is 2.13. The summed E-state index contributed by atoms with van der Waals surface area (Å²) in [6.45, 7) is 0.621. The van der Waals surface area contributed by atoms with Crippen LogP contribution in [0.3, 0.4) is 0 Å². The van der Waals surface area contributed by atoms with Crippen LogP contribution in [0, 0.1) is 11.3 Å². The third kappa shape index (κ3) is 2.30. The molecule has 0 aliphatic rings. The molecule has 4 heteroatoms. The standard InChI is InChI=1S/C7H9N3S/c8-3-1-6-5-11-7(10-6)2-4-9/h5H,1-3,8H2. The number of aromatic nitrogens is 1. The predicted octanol–water partition coefficient (Wildman–Crippen LogP) is 0.710. The van der Waals surface area contributed by atoms with Gasteiger partial charge in [0.1, 0.15) is 5.01 Å². The Kier molecular flexibility index (Phi) is 3.02. The molecule has 1 rings (SSSR count). The van der Waals surface area contributed by atoms with Gasteiger partial charge in [0, 0.05) is 11.8 Å². The molecule has 1 aromatic heterocycles. The molecule has 0 radical (unpaired) electrons.